The average molecular weight is 500 g/mol. The molecular formula is C23H18F6N2O4. The van der Waals surface area contributed by atoms with Crippen LogP contribution in [-0.2, 0) is 35.1 Å². The molecule has 35 heavy (non-hydrogen) atoms. The standard InChI is InChI=1S/C23H18F6N2O4/c1-2-5-31-11-15(10-30-35-13-21(32)33)19-9-18(3-4-20(19)31)34-12-14-6-16(22(24,25)26)8-17(7-14)23(27,28)29/h2-4,6-11H,1,5,12-13H2,(H,32,33)/b30-10+. The molecule has 0 aliphatic rings. The number of carboxylic acid groups (broad SMARTS) is 1. The van der Waals surface area contributed by atoms with Crippen molar-refractivity contribution < 1.29 is 45.8 Å². The first-order valence-electron chi connectivity index (χ1n) is 9.90. The number of benzene rings is 2. The zero-order chi connectivity index (χ0) is 25.8. The molecule has 1 N–H and O–H groups in total. The van der Waals surface area contributed by atoms with Crippen molar-refractivity contribution in [2.24, 2.45) is 5.16 Å². The van der Waals surface area contributed by atoms with E-state index >= 15 is 0 Å². The molecule has 0 radical (unpaired) electrons. The van der Waals surface area contributed by atoms with E-state index in [-0.39, 0.29) is 17.4 Å². The van der Waals surface area contributed by atoms with Gasteiger partial charge < -0.3 is 19.2 Å². The van der Waals surface area contributed by atoms with Crippen molar-refractivity contribution in [3.05, 3.63) is 77.5 Å². The van der Waals surface area contributed by atoms with Gasteiger partial charge in [0, 0.05) is 29.2 Å². The first-order chi connectivity index (χ1) is 16.4. The molecule has 0 saturated carbocycles. The molecule has 0 saturated heterocycles. The fourth-order valence-electron chi connectivity index (χ4n) is 3.24. The van der Waals surface area contributed by atoms with Crippen LogP contribution in [0.4, 0.5) is 26.3 Å². The predicted octanol–water partition coefficient (Wildman–Crippen LogP) is 5.88. The Morgan fingerprint density at radius 1 is 1.06 bits per heavy atom. The van der Waals surface area contributed by atoms with Gasteiger partial charge in [0.2, 0.25) is 6.61 Å². The van der Waals surface area contributed by atoms with Crippen LogP contribution < -0.4 is 4.74 Å². The SMILES string of the molecule is C=CCn1cc(/C=N/OCC(=O)O)c2cc(OCc3cc(C(F)(F)F)cc(C(F)(F)F)c3)ccc21. The van der Waals surface area contributed by atoms with Crippen molar-refractivity contribution in [2.45, 2.75) is 25.5 Å². The van der Waals surface area contributed by atoms with E-state index in [1.54, 1.807) is 22.9 Å². The number of alkyl halides is 6. The number of allylic oxidation sites excluding steroid dienone is 1. The van der Waals surface area contributed by atoms with Crippen molar-refractivity contribution in [3.63, 3.8) is 0 Å². The molecule has 0 aliphatic heterocycles. The summed E-state index contributed by atoms with van der Waals surface area (Å²) in [4.78, 5) is 15.2. The van der Waals surface area contributed by atoms with Crippen LogP contribution in [0.15, 0.2) is 60.4 Å². The normalized spacial score (nSPS) is 12.3. The summed E-state index contributed by atoms with van der Waals surface area (Å²) < 4.78 is 85.8. The zero-order valence-electron chi connectivity index (χ0n) is 17.9. The zero-order valence-corrected chi connectivity index (χ0v) is 17.9. The summed E-state index contributed by atoms with van der Waals surface area (Å²) in [6.45, 7) is 2.90. The summed E-state index contributed by atoms with van der Waals surface area (Å²) in [6, 6.07) is 5.96. The minimum atomic E-state index is -4.96. The molecule has 0 unspecified atom stereocenters. The maximum atomic E-state index is 13.1. The lowest BCUT2D eigenvalue weighted by Crippen LogP contribution is -2.12. The van der Waals surface area contributed by atoms with E-state index in [9.17, 15) is 31.1 Å². The van der Waals surface area contributed by atoms with E-state index in [4.69, 9.17) is 9.84 Å². The molecule has 0 aliphatic carbocycles. The third-order valence-corrected chi connectivity index (χ3v) is 4.72. The lowest BCUT2D eigenvalue weighted by atomic mass is 10.1. The van der Waals surface area contributed by atoms with E-state index in [0.717, 1.165) is 0 Å². The smallest absolute Gasteiger partial charge is 0.416 e. The first-order valence-corrected chi connectivity index (χ1v) is 9.90. The van der Waals surface area contributed by atoms with Gasteiger partial charge in [-0.15, -0.1) is 6.58 Å². The van der Waals surface area contributed by atoms with Crippen molar-refractivity contribution in [2.75, 3.05) is 6.61 Å². The molecule has 0 bridgehead atoms. The Labute approximate surface area is 194 Å². The Morgan fingerprint density at radius 2 is 1.71 bits per heavy atom. The maximum absolute atomic E-state index is 13.1. The lowest BCUT2D eigenvalue weighted by molar-refractivity contribution is -0.144. The molecule has 6 nitrogen and oxygen atoms in total. The van der Waals surface area contributed by atoms with Crippen LogP contribution >= 0.6 is 0 Å². The number of oxime groups is 1. The van der Waals surface area contributed by atoms with Crippen LogP contribution in [0, 0.1) is 0 Å². The summed E-state index contributed by atoms with van der Waals surface area (Å²) in [7, 11) is 0. The first kappa shape index (κ1) is 25.7. The van der Waals surface area contributed by atoms with Gasteiger partial charge in [-0.05, 0) is 42.0 Å². The van der Waals surface area contributed by atoms with Crippen molar-refractivity contribution in [3.8, 4) is 5.75 Å². The third-order valence-electron chi connectivity index (χ3n) is 4.72. The van der Waals surface area contributed by atoms with Crippen LogP contribution in [0.25, 0.3) is 10.9 Å². The minimum absolute atomic E-state index is 0.0515. The number of carbonyl (C=O) groups is 1. The van der Waals surface area contributed by atoms with Crippen molar-refractivity contribution in [1.29, 1.82) is 0 Å². The Balaban J connectivity index is 1.90. The number of halogens is 6. The monoisotopic (exact) mass is 500 g/mol. The molecule has 0 spiro atoms. The number of hydrogen-bond donors (Lipinski definition) is 1. The van der Waals surface area contributed by atoms with Gasteiger partial charge in [0.25, 0.3) is 0 Å². The van der Waals surface area contributed by atoms with E-state index in [1.807, 2.05) is 0 Å². The fourth-order valence-corrected chi connectivity index (χ4v) is 3.24. The van der Waals surface area contributed by atoms with E-state index in [0.29, 0.717) is 35.1 Å². The van der Waals surface area contributed by atoms with E-state index in [2.05, 4.69) is 16.6 Å². The van der Waals surface area contributed by atoms with E-state index in [1.165, 1.54) is 18.3 Å². The number of aromatic nitrogens is 1. The third kappa shape index (κ3) is 6.55. The molecular weight excluding hydrogens is 482 g/mol. The number of nitrogens with zero attached hydrogens (tertiary/aromatic N) is 2. The summed E-state index contributed by atoms with van der Waals surface area (Å²) in [5.41, 5.74) is -1.95. The molecule has 12 heteroatoms. The summed E-state index contributed by atoms with van der Waals surface area (Å²) in [5, 5.41) is 12.8. The van der Waals surface area contributed by atoms with Crippen molar-refractivity contribution in [1.82, 2.24) is 4.57 Å². The largest absolute Gasteiger partial charge is 0.489 e. The van der Waals surface area contributed by atoms with Crippen LogP contribution in [0.1, 0.15) is 22.3 Å². The minimum Gasteiger partial charge on any atom is -0.489 e. The number of ether oxygens (including phenoxy) is 1. The number of hydrogen-bond acceptors (Lipinski definition) is 4. The molecule has 1 heterocycles. The summed E-state index contributed by atoms with van der Waals surface area (Å²) in [5.74, 6) is -1.03. The topological polar surface area (TPSA) is 73.1 Å². The number of fused-ring (bicyclic) bond motifs is 1. The highest BCUT2D eigenvalue weighted by Gasteiger charge is 2.36. The lowest BCUT2D eigenvalue weighted by Gasteiger charge is -2.15. The van der Waals surface area contributed by atoms with Gasteiger partial charge >= 0.3 is 18.3 Å². The molecule has 0 atom stereocenters. The molecule has 3 rings (SSSR count). The molecule has 2 aromatic carbocycles. The molecule has 3 aromatic rings. The molecule has 0 fully saturated rings. The quantitative estimate of drug-likeness (QED) is 0.172. The number of rotatable bonds is 9. The second kappa shape index (κ2) is 10.1. The second-order valence-corrected chi connectivity index (χ2v) is 7.31. The van der Waals surface area contributed by atoms with Crippen LogP contribution in [0.5, 0.6) is 5.75 Å². The molecule has 1 aromatic heterocycles. The molecule has 186 valence electrons. The Hall–Kier alpha value is -3.96. The van der Waals surface area contributed by atoms with Gasteiger partial charge in [-0.1, -0.05) is 11.2 Å². The highest BCUT2D eigenvalue weighted by molar-refractivity contribution is 6.00. The highest BCUT2D eigenvalue weighted by atomic mass is 19.4. The molecule has 0 amide bonds. The van der Waals surface area contributed by atoms with Gasteiger partial charge in [-0.25, -0.2) is 4.79 Å². The van der Waals surface area contributed by atoms with E-state index < -0.39 is 42.7 Å². The Kier molecular flexibility index (Phi) is 7.42. The maximum Gasteiger partial charge on any atom is 0.416 e. The van der Waals surface area contributed by atoms with Crippen LogP contribution in [0.2, 0.25) is 0 Å². The number of carboxylic acids is 1. The van der Waals surface area contributed by atoms with Crippen LogP contribution in [-0.4, -0.2) is 28.5 Å². The number of aliphatic carboxylic acids is 1. The fraction of sp³-hybridized carbons (Fsp3) is 0.217. The van der Waals surface area contributed by atoms with Crippen molar-refractivity contribution >= 4 is 23.1 Å². The summed E-state index contributed by atoms with van der Waals surface area (Å²) >= 11 is 0. The Morgan fingerprint density at radius 3 is 2.29 bits per heavy atom. The van der Waals surface area contributed by atoms with Gasteiger partial charge in [0.1, 0.15) is 12.4 Å². The highest BCUT2D eigenvalue weighted by Crippen LogP contribution is 2.36. The van der Waals surface area contributed by atoms with Gasteiger partial charge in [0.15, 0.2) is 0 Å². The summed E-state index contributed by atoms with van der Waals surface area (Å²) in [6.07, 6.45) is -5.32. The van der Waals surface area contributed by atoms with Crippen LogP contribution in [0.3, 0.4) is 0 Å². The predicted molar refractivity (Wildman–Crippen MR) is 114 cm³/mol. The van der Waals surface area contributed by atoms with Gasteiger partial charge in [0.05, 0.1) is 17.3 Å². The Bertz CT molecular complexity index is 1230. The average Bonchev–Trinajstić information content (AvgIpc) is 3.11. The second-order valence-electron chi connectivity index (χ2n) is 7.31. The van der Waals surface area contributed by atoms with Gasteiger partial charge in [-0.2, -0.15) is 26.3 Å². The van der Waals surface area contributed by atoms with Gasteiger partial charge in [-0.3, -0.25) is 0 Å².